The molecule has 0 amide bonds. The Kier molecular flexibility index (Phi) is 1.85. The van der Waals surface area contributed by atoms with Gasteiger partial charge in [0, 0.05) is 30.6 Å². The van der Waals surface area contributed by atoms with Gasteiger partial charge in [-0.1, -0.05) is 6.92 Å². The second kappa shape index (κ2) is 3.01. The molecule has 2 rings (SSSR count). The van der Waals surface area contributed by atoms with Crippen LogP contribution >= 0.6 is 0 Å². The maximum atomic E-state index is 11.3. The van der Waals surface area contributed by atoms with Gasteiger partial charge in [-0.25, -0.2) is 4.98 Å². The molecular weight excluding hydrogens is 164 g/mol. The zero-order chi connectivity index (χ0) is 9.26. The number of ketones is 1. The minimum atomic E-state index is 0.158. The summed E-state index contributed by atoms with van der Waals surface area (Å²) in [5.41, 5.74) is 1.56. The van der Waals surface area contributed by atoms with Crippen LogP contribution < -0.4 is 0 Å². The predicted molar refractivity (Wildman–Crippen MR) is 49.8 cm³/mol. The third-order valence-corrected chi connectivity index (χ3v) is 2.04. The maximum Gasteiger partial charge on any atom is 0.162 e. The first kappa shape index (κ1) is 7.98. The molecule has 0 aromatic carbocycles. The van der Waals surface area contributed by atoms with Crippen LogP contribution in [0.25, 0.3) is 5.65 Å². The molecule has 0 aliphatic rings. The van der Waals surface area contributed by atoms with E-state index in [1.165, 1.54) is 0 Å². The Morgan fingerprint density at radius 3 is 3.15 bits per heavy atom. The van der Waals surface area contributed by atoms with E-state index >= 15 is 0 Å². The summed E-state index contributed by atoms with van der Waals surface area (Å²) in [4.78, 5) is 15.4. The lowest BCUT2D eigenvalue weighted by atomic mass is 10.1. The van der Waals surface area contributed by atoms with Crippen LogP contribution in [0.2, 0.25) is 0 Å². The summed E-state index contributed by atoms with van der Waals surface area (Å²) in [7, 11) is 0. The van der Waals surface area contributed by atoms with Gasteiger partial charge in [-0.2, -0.15) is 0 Å². The van der Waals surface area contributed by atoms with E-state index in [1.54, 1.807) is 6.20 Å². The Morgan fingerprint density at radius 1 is 1.54 bits per heavy atom. The average Bonchev–Trinajstić information content (AvgIpc) is 2.63. The predicted octanol–water partition coefficient (Wildman–Crippen LogP) is 1.93. The monoisotopic (exact) mass is 174 g/mol. The summed E-state index contributed by atoms with van der Waals surface area (Å²) in [5, 5.41) is 0. The van der Waals surface area contributed by atoms with Gasteiger partial charge in [0.1, 0.15) is 5.65 Å². The van der Waals surface area contributed by atoms with Crippen LogP contribution in [0.5, 0.6) is 0 Å². The average molecular weight is 174 g/mol. The minimum absolute atomic E-state index is 0.158. The normalized spacial score (nSPS) is 10.5. The topological polar surface area (TPSA) is 34.4 Å². The van der Waals surface area contributed by atoms with Crippen LogP contribution in [0.3, 0.4) is 0 Å². The highest BCUT2D eigenvalue weighted by atomic mass is 16.1. The molecule has 2 aromatic heterocycles. The van der Waals surface area contributed by atoms with Gasteiger partial charge >= 0.3 is 0 Å². The lowest BCUT2D eigenvalue weighted by Crippen LogP contribution is -1.97. The van der Waals surface area contributed by atoms with Crippen molar-refractivity contribution in [3.63, 3.8) is 0 Å². The fourth-order valence-corrected chi connectivity index (χ4v) is 1.29. The molecule has 0 atom stereocenters. The molecule has 2 heterocycles. The second-order valence-corrected chi connectivity index (χ2v) is 2.88. The molecule has 0 saturated heterocycles. The van der Waals surface area contributed by atoms with E-state index in [-0.39, 0.29) is 5.78 Å². The second-order valence-electron chi connectivity index (χ2n) is 2.88. The zero-order valence-electron chi connectivity index (χ0n) is 7.40. The number of nitrogens with zero attached hydrogens (tertiary/aromatic N) is 2. The SMILES string of the molecule is CCC(=O)c1ccn2ccnc2c1. The fourth-order valence-electron chi connectivity index (χ4n) is 1.29. The van der Waals surface area contributed by atoms with Crippen LogP contribution in [0.1, 0.15) is 23.7 Å². The van der Waals surface area contributed by atoms with E-state index in [0.29, 0.717) is 6.42 Å². The van der Waals surface area contributed by atoms with Gasteiger partial charge in [0.25, 0.3) is 0 Å². The number of carbonyl (C=O) groups is 1. The number of carbonyl (C=O) groups excluding carboxylic acids is 1. The number of Topliss-reactive ketones (excluding diaryl/α,β-unsaturated/α-hetero) is 1. The van der Waals surface area contributed by atoms with Crippen LogP contribution in [-0.2, 0) is 0 Å². The van der Waals surface area contributed by atoms with Crippen molar-refractivity contribution in [2.45, 2.75) is 13.3 Å². The van der Waals surface area contributed by atoms with Crippen molar-refractivity contribution in [1.29, 1.82) is 0 Å². The number of hydrogen-bond donors (Lipinski definition) is 0. The number of imidazole rings is 1. The number of rotatable bonds is 2. The largest absolute Gasteiger partial charge is 0.307 e. The molecule has 0 saturated carbocycles. The fraction of sp³-hybridized carbons (Fsp3) is 0.200. The quantitative estimate of drug-likeness (QED) is 0.652. The van der Waals surface area contributed by atoms with Crippen molar-refractivity contribution in [3.8, 4) is 0 Å². The van der Waals surface area contributed by atoms with Crippen molar-refractivity contribution in [2.75, 3.05) is 0 Å². The number of fused-ring (bicyclic) bond motifs is 1. The molecule has 0 aliphatic carbocycles. The number of hydrogen-bond acceptors (Lipinski definition) is 2. The highest BCUT2D eigenvalue weighted by molar-refractivity contribution is 5.96. The first-order chi connectivity index (χ1) is 6.31. The Hall–Kier alpha value is -1.64. The van der Waals surface area contributed by atoms with Crippen LogP contribution in [0, 0.1) is 0 Å². The summed E-state index contributed by atoms with van der Waals surface area (Å²) in [6.45, 7) is 1.86. The maximum absolute atomic E-state index is 11.3. The lowest BCUT2D eigenvalue weighted by molar-refractivity contribution is 0.0988. The van der Waals surface area contributed by atoms with E-state index in [1.807, 2.05) is 35.9 Å². The molecule has 66 valence electrons. The Bertz CT molecular complexity index is 445. The molecule has 13 heavy (non-hydrogen) atoms. The van der Waals surface area contributed by atoms with Gasteiger partial charge < -0.3 is 4.40 Å². The van der Waals surface area contributed by atoms with Crippen molar-refractivity contribution < 1.29 is 4.79 Å². The van der Waals surface area contributed by atoms with E-state index in [9.17, 15) is 4.79 Å². The van der Waals surface area contributed by atoms with E-state index in [2.05, 4.69) is 4.98 Å². The molecule has 2 aromatic rings. The van der Waals surface area contributed by atoms with Gasteiger partial charge in [0.05, 0.1) is 0 Å². The first-order valence-corrected chi connectivity index (χ1v) is 4.27. The summed E-state index contributed by atoms with van der Waals surface area (Å²) in [5.74, 6) is 0.158. The Morgan fingerprint density at radius 2 is 2.38 bits per heavy atom. The molecule has 0 radical (unpaired) electrons. The molecular formula is C10H10N2O. The van der Waals surface area contributed by atoms with Crippen LogP contribution in [-0.4, -0.2) is 15.2 Å². The smallest absolute Gasteiger partial charge is 0.162 e. The van der Waals surface area contributed by atoms with E-state index in [0.717, 1.165) is 11.2 Å². The molecule has 3 nitrogen and oxygen atoms in total. The molecule has 0 fully saturated rings. The van der Waals surface area contributed by atoms with Gasteiger partial charge in [-0.15, -0.1) is 0 Å². The van der Waals surface area contributed by atoms with Crippen LogP contribution in [0.15, 0.2) is 30.7 Å². The summed E-state index contributed by atoms with van der Waals surface area (Å²) in [6.07, 6.45) is 5.97. The van der Waals surface area contributed by atoms with Gasteiger partial charge in [0.2, 0.25) is 0 Å². The van der Waals surface area contributed by atoms with E-state index < -0.39 is 0 Å². The van der Waals surface area contributed by atoms with Gasteiger partial charge in [0.15, 0.2) is 5.78 Å². The minimum Gasteiger partial charge on any atom is -0.307 e. The van der Waals surface area contributed by atoms with Crippen molar-refractivity contribution in [3.05, 3.63) is 36.3 Å². The number of pyridine rings is 1. The van der Waals surface area contributed by atoms with Crippen molar-refractivity contribution in [1.82, 2.24) is 9.38 Å². The van der Waals surface area contributed by atoms with Crippen molar-refractivity contribution >= 4 is 11.4 Å². The standard InChI is InChI=1S/C10H10N2O/c1-2-9(13)8-3-5-12-6-4-11-10(12)7-8/h3-7H,2H2,1H3. The van der Waals surface area contributed by atoms with Crippen molar-refractivity contribution in [2.24, 2.45) is 0 Å². The highest BCUT2D eigenvalue weighted by Crippen LogP contribution is 2.07. The third-order valence-electron chi connectivity index (χ3n) is 2.04. The molecule has 3 heteroatoms. The third kappa shape index (κ3) is 1.33. The molecule has 0 aliphatic heterocycles. The van der Waals surface area contributed by atoms with E-state index in [4.69, 9.17) is 0 Å². The molecule has 0 spiro atoms. The molecule has 0 N–H and O–H groups in total. The first-order valence-electron chi connectivity index (χ1n) is 4.27. The highest BCUT2D eigenvalue weighted by Gasteiger charge is 2.03. The Balaban J connectivity index is 2.54. The summed E-state index contributed by atoms with van der Waals surface area (Å²) >= 11 is 0. The summed E-state index contributed by atoms with van der Waals surface area (Å²) in [6, 6.07) is 3.63. The zero-order valence-corrected chi connectivity index (χ0v) is 7.40. The van der Waals surface area contributed by atoms with Gasteiger partial charge in [-0.3, -0.25) is 4.79 Å². The van der Waals surface area contributed by atoms with Crippen LogP contribution in [0.4, 0.5) is 0 Å². The molecule has 0 unspecified atom stereocenters. The lowest BCUT2D eigenvalue weighted by Gasteiger charge is -1.98. The number of aromatic nitrogens is 2. The molecule has 0 bridgehead atoms. The van der Waals surface area contributed by atoms with Gasteiger partial charge in [-0.05, 0) is 12.1 Å². The Labute approximate surface area is 76.0 Å². The summed E-state index contributed by atoms with van der Waals surface area (Å²) < 4.78 is 1.88.